The van der Waals surface area contributed by atoms with E-state index in [1.165, 1.54) is 18.9 Å². The summed E-state index contributed by atoms with van der Waals surface area (Å²) in [6, 6.07) is 3.28. The molecule has 1 N–H and O–H groups in total. The van der Waals surface area contributed by atoms with Crippen LogP contribution in [0.1, 0.15) is 48.1 Å². The Morgan fingerprint density at radius 1 is 1.37 bits per heavy atom. The number of likely N-dealkylation sites (tertiary alicyclic amines) is 1. The molecule has 1 aromatic heterocycles. The molecule has 3 aliphatic carbocycles. The molecule has 5 atom stereocenters. The van der Waals surface area contributed by atoms with Crippen molar-refractivity contribution < 1.29 is 19.6 Å². The molecule has 10 heteroatoms. The van der Waals surface area contributed by atoms with Crippen LogP contribution in [0.3, 0.4) is 0 Å². The number of hydrogen-bond acceptors (Lipinski definition) is 7. The van der Waals surface area contributed by atoms with E-state index in [1.54, 1.807) is 22.3 Å². The van der Waals surface area contributed by atoms with E-state index >= 15 is 0 Å². The van der Waals surface area contributed by atoms with Crippen LogP contribution in [0.2, 0.25) is 0 Å². The smallest absolute Gasteiger partial charge is 0.276 e. The SMILES string of the molecule is CN(C(=O)/C=C/c1cc(Br)cs1)[C@H]1CC[C@H]2[C@H]3Cc4c([N+](=O)[O-])cc(O)c5c4[C@@]2(CCN3CC2CC2)[C@H]1O5. The number of phenols is 1. The summed E-state index contributed by atoms with van der Waals surface area (Å²) in [5.41, 5.74) is 1.14. The van der Waals surface area contributed by atoms with Gasteiger partial charge in [0.1, 0.15) is 6.10 Å². The van der Waals surface area contributed by atoms with E-state index in [1.807, 2.05) is 24.6 Å². The molecule has 2 aromatic rings. The quantitative estimate of drug-likeness (QED) is 0.281. The molecule has 2 aliphatic heterocycles. The van der Waals surface area contributed by atoms with Crippen molar-refractivity contribution in [2.75, 3.05) is 20.1 Å². The third-order valence-electron chi connectivity index (χ3n) is 9.72. The first-order chi connectivity index (χ1) is 18.3. The number of likely N-dealkylation sites (N-methyl/N-ethyl adjacent to an activating group) is 1. The van der Waals surface area contributed by atoms with E-state index in [0.717, 1.165) is 58.7 Å². The van der Waals surface area contributed by atoms with Gasteiger partial charge in [-0.1, -0.05) is 0 Å². The topological polar surface area (TPSA) is 96.2 Å². The van der Waals surface area contributed by atoms with E-state index in [4.69, 9.17) is 4.74 Å². The van der Waals surface area contributed by atoms with Crippen LogP contribution in [0.4, 0.5) is 5.69 Å². The fourth-order valence-electron chi connectivity index (χ4n) is 7.93. The van der Waals surface area contributed by atoms with Crippen molar-refractivity contribution in [3.8, 4) is 11.5 Å². The summed E-state index contributed by atoms with van der Waals surface area (Å²) in [4.78, 5) is 30.5. The second kappa shape index (κ2) is 8.79. The van der Waals surface area contributed by atoms with Crippen molar-refractivity contribution in [1.29, 1.82) is 0 Å². The van der Waals surface area contributed by atoms with Crippen LogP contribution in [0.25, 0.3) is 6.08 Å². The number of piperidine rings is 1. The molecule has 7 rings (SSSR count). The number of nitro groups is 1. The van der Waals surface area contributed by atoms with E-state index in [0.29, 0.717) is 12.2 Å². The Hall–Kier alpha value is -2.43. The van der Waals surface area contributed by atoms with Crippen molar-refractivity contribution in [1.82, 2.24) is 9.80 Å². The number of ether oxygens (including phenoxy) is 1. The Labute approximate surface area is 233 Å². The highest BCUT2D eigenvalue weighted by Crippen LogP contribution is 2.65. The summed E-state index contributed by atoms with van der Waals surface area (Å²) in [5.74, 6) is 1.17. The average Bonchev–Trinajstić information content (AvgIpc) is 3.51. The number of benzene rings is 1. The largest absolute Gasteiger partial charge is 0.504 e. The molecule has 0 unspecified atom stereocenters. The number of amides is 1. The lowest BCUT2D eigenvalue weighted by molar-refractivity contribution is -0.385. The number of phenolic OH excluding ortho intramolecular Hbond substituents is 1. The Kier molecular flexibility index (Phi) is 5.69. The molecule has 3 fully saturated rings. The van der Waals surface area contributed by atoms with Crippen LogP contribution in [0.15, 0.2) is 28.1 Å². The zero-order valence-corrected chi connectivity index (χ0v) is 23.5. The highest BCUT2D eigenvalue weighted by atomic mass is 79.9. The third kappa shape index (κ3) is 3.59. The van der Waals surface area contributed by atoms with Crippen LogP contribution in [-0.2, 0) is 16.6 Å². The maximum atomic E-state index is 13.3. The molecule has 1 spiro atoms. The van der Waals surface area contributed by atoms with Crippen LogP contribution >= 0.6 is 27.3 Å². The number of aromatic hydroxyl groups is 1. The van der Waals surface area contributed by atoms with Gasteiger partial charge < -0.3 is 14.7 Å². The Morgan fingerprint density at radius 3 is 2.89 bits per heavy atom. The van der Waals surface area contributed by atoms with E-state index < -0.39 is 5.41 Å². The minimum Gasteiger partial charge on any atom is -0.504 e. The minimum absolute atomic E-state index is 0.00167. The van der Waals surface area contributed by atoms with E-state index in [2.05, 4.69) is 20.8 Å². The second-order valence-electron chi connectivity index (χ2n) is 11.6. The molecule has 1 saturated heterocycles. The molecule has 1 aromatic carbocycles. The van der Waals surface area contributed by atoms with Gasteiger partial charge in [-0.2, -0.15) is 0 Å². The predicted octanol–water partition coefficient (Wildman–Crippen LogP) is 5.11. The van der Waals surface area contributed by atoms with Gasteiger partial charge in [0.05, 0.1) is 17.0 Å². The lowest BCUT2D eigenvalue weighted by Gasteiger charge is -2.60. The standard InChI is InChI=1S/C28H30BrN3O5S/c1-30(24(34)7-4-17-10-16(29)14-38-17)20-6-5-19-22-11-18-21(32(35)36)12-23(33)26-25(18)28(19,27(20)37-26)8-9-31(22)13-15-2-3-15/h4,7,10,12,14-15,19-20,22,27,33H,2-3,5-6,8-9,11,13H2,1H3/b7-4+/t19-,20-,22+,27-,28-/m0/s1. The number of rotatable bonds is 6. The normalized spacial score (nSPS) is 31.2. The predicted molar refractivity (Wildman–Crippen MR) is 148 cm³/mol. The summed E-state index contributed by atoms with van der Waals surface area (Å²) in [6.07, 6.45) is 8.82. The lowest BCUT2D eigenvalue weighted by Crippen LogP contribution is -2.69. The van der Waals surface area contributed by atoms with Gasteiger partial charge in [-0.3, -0.25) is 19.8 Å². The molecule has 2 saturated carbocycles. The van der Waals surface area contributed by atoms with Crippen molar-refractivity contribution >= 4 is 44.9 Å². The fraction of sp³-hybridized carbons (Fsp3) is 0.536. The maximum absolute atomic E-state index is 13.3. The summed E-state index contributed by atoms with van der Waals surface area (Å²) in [7, 11) is 1.83. The molecule has 1 amide bonds. The minimum atomic E-state index is -0.434. The van der Waals surface area contributed by atoms with Gasteiger partial charge in [-0.25, -0.2) is 0 Å². The number of halogens is 1. The van der Waals surface area contributed by atoms with Gasteiger partial charge in [0.15, 0.2) is 11.5 Å². The fourth-order valence-corrected chi connectivity index (χ4v) is 9.27. The first-order valence-corrected chi connectivity index (χ1v) is 15.1. The lowest BCUT2D eigenvalue weighted by atomic mass is 9.50. The first kappa shape index (κ1) is 24.6. The average molecular weight is 601 g/mol. The van der Waals surface area contributed by atoms with Crippen molar-refractivity contribution in [3.63, 3.8) is 0 Å². The molecule has 5 aliphatic rings. The molecule has 38 heavy (non-hydrogen) atoms. The first-order valence-electron chi connectivity index (χ1n) is 13.4. The molecule has 3 heterocycles. The number of thiophene rings is 1. The Bertz CT molecular complexity index is 1370. The Morgan fingerprint density at radius 2 is 2.18 bits per heavy atom. The van der Waals surface area contributed by atoms with Crippen molar-refractivity contribution in [2.45, 2.75) is 62.1 Å². The molecule has 2 bridgehead atoms. The highest BCUT2D eigenvalue weighted by Gasteiger charge is 2.67. The molecular formula is C28H30BrN3O5S. The van der Waals surface area contributed by atoms with Gasteiger partial charge in [-0.05, 0) is 85.0 Å². The molecule has 200 valence electrons. The third-order valence-corrected chi connectivity index (χ3v) is 11.4. The maximum Gasteiger partial charge on any atom is 0.276 e. The zero-order chi connectivity index (χ0) is 26.3. The van der Waals surface area contributed by atoms with Crippen molar-refractivity contribution in [2.24, 2.45) is 11.8 Å². The summed E-state index contributed by atoms with van der Waals surface area (Å²) < 4.78 is 7.60. The number of nitro benzene ring substituents is 1. The number of hydrogen-bond donors (Lipinski definition) is 1. The van der Waals surface area contributed by atoms with Crippen LogP contribution in [-0.4, -0.2) is 64.1 Å². The number of nitrogens with zero attached hydrogens (tertiary/aromatic N) is 3. The summed E-state index contributed by atoms with van der Waals surface area (Å²) in [5, 5.41) is 25.0. The highest BCUT2D eigenvalue weighted by molar-refractivity contribution is 9.10. The van der Waals surface area contributed by atoms with E-state index in [-0.39, 0.29) is 46.4 Å². The van der Waals surface area contributed by atoms with Gasteiger partial charge in [0.25, 0.3) is 5.69 Å². The van der Waals surface area contributed by atoms with Gasteiger partial charge >= 0.3 is 0 Å². The van der Waals surface area contributed by atoms with Crippen LogP contribution in [0, 0.1) is 22.0 Å². The van der Waals surface area contributed by atoms with Gasteiger partial charge in [-0.15, -0.1) is 11.3 Å². The summed E-state index contributed by atoms with van der Waals surface area (Å²) >= 11 is 5.02. The molecule has 0 radical (unpaired) electrons. The van der Waals surface area contributed by atoms with E-state index in [9.17, 15) is 20.0 Å². The number of carbonyl (C=O) groups excluding carboxylic acids is 1. The van der Waals surface area contributed by atoms with Gasteiger partial charge in [0, 0.05) is 57.0 Å². The van der Waals surface area contributed by atoms with Gasteiger partial charge in [0.2, 0.25) is 5.91 Å². The van der Waals surface area contributed by atoms with Crippen LogP contribution in [0.5, 0.6) is 11.5 Å². The zero-order valence-electron chi connectivity index (χ0n) is 21.1. The molecule has 8 nitrogen and oxygen atoms in total. The second-order valence-corrected chi connectivity index (χ2v) is 13.5. The molecular weight excluding hydrogens is 570 g/mol. The summed E-state index contributed by atoms with van der Waals surface area (Å²) in [6.45, 7) is 1.97. The van der Waals surface area contributed by atoms with Crippen LogP contribution < -0.4 is 4.74 Å². The monoisotopic (exact) mass is 599 g/mol. The number of carbonyl (C=O) groups is 1. The Balaban J connectivity index is 1.28. The van der Waals surface area contributed by atoms with Crippen molar-refractivity contribution in [3.05, 3.63) is 54.2 Å².